The van der Waals surface area contributed by atoms with E-state index in [4.69, 9.17) is 22.1 Å². The van der Waals surface area contributed by atoms with Crippen LogP contribution in [0.1, 0.15) is 16.8 Å². The molecule has 0 radical (unpaired) electrons. The molecule has 4 nitrogen and oxygen atoms in total. The highest BCUT2D eigenvalue weighted by Crippen LogP contribution is 2.18. The lowest BCUT2D eigenvalue weighted by molar-refractivity contribution is 0.293. The van der Waals surface area contributed by atoms with Crippen molar-refractivity contribution in [2.24, 2.45) is 4.99 Å². The van der Waals surface area contributed by atoms with Crippen molar-refractivity contribution in [1.29, 1.82) is 0 Å². The molecule has 0 unspecified atom stereocenters. The van der Waals surface area contributed by atoms with Gasteiger partial charge in [0.2, 0.25) is 5.88 Å². The molecule has 0 bridgehead atoms. The molecule has 0 saturated carbocycles. The number of hydrogen-bond acceptors (Lipinski definition) is 4. The van der Waals surface area contributed by atoms with Crippen LogP contribution in [-0.2, 0) is 6.61 Å². The minimum Gasteiger partial charge on any atom is -0.473 e. The lowest BCUT2D eigenvalue weighted by Crippen LogP contribution is -1.98. The molecule has 3 rings (SSSR count). The van der Waals surface area contributed by atoms with E-state index in [-0.39, 0.29) is 0 Å². The zero-order chi connectivity index (χ0) is 18.4. The normalized spacial score (nSPS) is 10.8. The molecule has 0 atom stereocenters. The fourth-order valence-electron chi connectivity index (χ4n) is 2.28. The van der Waals surface area contributed by atoms with Gasteiger partial charge in [-0.3, -0.25) is 4.99 Å². The molecule has 0 aliphatic rings. The molecule has 0 aliphatic carbocycles. The number of nitrogens with two attached hydrogens (primary N) is 1. The Kier molecular flexibility index (Phi) is 5.66. The largest absolute Gasteiger partial charge is 0.473 e. The van der Waals surface area contributed by atoms with E-state index in [1.54, 1.807) is 12.3 Å². The number of nitrogen functional groups attached to an aromatic ring is 1. The summed E-state index contributed by atoms with van der Waals surface area (Å²) in [6, 6.07) is 20.5. The minimum atomic E-state index is 0.382. The third-order valence-electron chi connectivity index (χ3n) is 3.65. The summed E-state index contributed by atoms with van der Waals surface area (Å²) in [5, 5.41) is 0.677. The third kappa shape index (κ3) is 4.71. The Bertz CT molecular complexity index is 953. The number of ether oxygens (including phenoxy) is 1. The average Bonchev–Trinajstić information content (AvgIpc) is 2.66. The zero-order valence-electron chi connectivity index (χ0n) is 14.1. The first kappa shape index (κ1) is 17.7. The molecular formula is C21H18ClN3O. The zero-order valence-corrected chi connectivity index (χ0v) is 14.9. The predicted octanol–water partition coefficient (Wildman–Crippen LogP) is 4.99. The predicted molar refractivity (Wildman–Crippen MR) is 108 cm³/mol. The fraction of sp³-hybridized carbons (Fsp3) is 0.0476. The summed E-state index contributed by atoms with van der Waals surface area (Å²) in [7, 11) is 0. The number of aromatic nitrogens is 1. The number of para-hydroxylation sites is 1. The summed E-state index contributed by atoms with van der Waals surface area (Å²) in [5.74, 6) is 0.498. The molecule has 0 fully saturated rings. The summed E-state index contributed by atoms with van der Waals surface area (Å²) >= 11 is 5.98. The molecule has 0 aliphatic heterocycles. The van der Waals surface area contributed by atoms with Gasteiger partial charge in [-0.15, -0.1) is 0 Å². The number of anilines is 1. The molecule has 2 aromatic carbocycles. The third-order valence-corrected chi connectivity index (χ3v) is 3.89. The maximum absolute atomic E-state index is 5.98. The molecule has 26 heavy (non-hydrogen) atoms. The Hall–Kier alpha value is -3.11. The number of nitrogens with zero attached hydrogens (tertiary/aromatic N) is 2. The number of rotatable bonds is 6. The molecule has 1 heterocycles. The van der Waals surface area contributed by atoms with Gasteiger partial charge in [-0.05, 0) is 29.8 Å². The van der Waals surface area contributed by atoms with Crippen molar-refractivity contribution in [3.63, 3.8) is 0 Å². The van der Waals surface area contributed by atoms with E-state index < -0.39 is 0 Å². The molecule has 3 aromatic rings. The van der Waals surface area contributed by atoms with Gasteiger partial charge in [-0.25, -0.2) is 4.98 Å². The van der Waals surface area contributed by atoms with Crippen LogP contribution in [0.4, 0.5) is 5.69 Å². The van der Waals surface area contributed by atoms with Crippen LogP contribution in [0.25, 0.3) is 5.70 Å². The smallest absolute Gasteiger partial charge is 0.214 e. The minimum absolute atomic E-state index is 0.382. The second kappa shape index (κ2) is 8.32. The number of hydrogen-bond donors (Lipinski definition) is 1. The van der Waals surface area contributed by atoms with Crippen LogP contribution >= 0.6 is 11.6 Å². The van der Waals surface area contributed by atoms with Gasteiger partial charge >= 0.3 is 0 Å². The van der Waals surface area contributed by atoms with Crippen molar-refractivity contribution in [1.82, 2.24) is 4.98 Å². The number of benzene rings is 2. The van der Waals surface area contributed by atoms with E-state index in [1.807, 2.05) is 60.7 Å². The van der Waals surface area contributed by atoms with Crippen LogP contribution in [-0.4, -0.2) is 11.2 Å². The van der Waals surface area contributed by atoms with Crippen molar-refractivity contribution in [2.75, 3.05) is 5.73 Å². The van der Waals surface area contributed by atoms with Crippen molar-refractivity contribution >= 4 is 29.2 Å². The first-order chi connectivity index (χ1) is 12.6. The van der Waals surface area contributed by atoms with E-state index in [0.29, 0.717) is 34.6 Å². The Morgan fingerprint density at radius 3 is 2.73 bits per heavy atom. The first-order valence-corrected chi connectivity index (χ1v) is 8.42. The summed E-state index contributed by atoms with van der Waals surface area (Å²) in [4.78, 5) is 8.81. The fourth-order valence-corrected chi connectivity index (χ4v) is 2.49. The monoisotopic (exact) mass is 363 g/mol. The van der Waals surface area contributed by atoms with E-state index in [0.717, 1.165) is 11.1 Å². The van der Waals surface area contributed by atoms with Crippen molar-refractivity contribution in [3.05, 3.63) is 95.2 Å². The molecule has 2 N–H and O–H groups in total. The molecule has 0 saturated heterocycles. The van der Waals surface area contributed by atoms with Crippen LogP contribution in [0.3, 0.4) is 0 Å². The van der Waals surface area contributed by atoms with E-state index in [9.17, 15) is 0 Å². The van der Waals surface area contributed by atoms with E-state index in [1.165, 1.54) is 0 Å². The topological polar surface area (TPSA) is 60.5 Å². The molecular weight excluding hydrogens is 346 g/mol. The Balaban J connectivity index is 1.68. The Morgan fingerprint density at radius 2 is 1.92 bits per heavy atom. The second-order valence-corrected chi connectivity index (χ2v) is 6.05. The molecule has 1 aromatic heterocycles. The molecule has 130 valence electrons. The Labute approximate surface area is 157 Å². The summed E-state index contributed by atoms with van der Waals surface area (Å²) in [6.45, 7) is 4.35. The summed E-state index contributed by atoms with van der Waals surface area (Å²) in [5.41, 5.74) is 9.55. The van der Waals surface area contributed by atoms with Gasteiger partial charge in [-0.1, -0.05) is 54.6 Å². The second-order valence-electron chi connectivity index (χ2n) is 5.61. The van der Waals surface area contributed by atoms with Crippen LogP contribution in [0.5, 0.6) is 5.88 Å². The highest BCUT2D eigenvalue weighted by atomic mass is 35.5. The standard InChI is InChI=1S/C21H18ClN3O/c1-15(24-13-17-7-2-3-9-19(17)23)20-10-5-11-21(25-20)26-14-16-6-4-8-18(22)12-16/h2-13H,1,14,23H2/b24-13-. The summed E-state index contributed by atoms with van der Waals surface area (Å²) in [6.07, 6.45) is 1.68. The van der Waals surface area contributed by atoms with Crippen molar-refractivity contribution < 1.29 is 4.74 Å². The first-order valence-electron chi connectivity index (χ1n) is 8.04. The maximum atomic E-state index is 5.98. The lowest BCUT2D eigenvalue weighted by Gasteiger charge is -2.07. The number of halogens is 1. The van der Waals surface area contributed by atoms with Crippen LogP contribution in [0.2, 0.25) is 5.02 Å². The van der Waals surface area contributed by atoms with Gasteiger partial charge in [0, 0.05) is 28.6 Å². The average molecular weight is 364 g/mol. The van der Waals surface area contributed by atoms with E-state index in [2.05, 4.69) is 16.6 Å². The van der Waals surface area contributed by atoms with Gasteiger partial charge in [0.25, 0.3) is 0 Å². The van der Waals surface area contributed by atoms with Crippen LogP contribution in [0.15, 0.2) is 78.3 Å². The number of pyridine rings is 1. The Morgan fingerprint density at radius 1 is 1.12 bits per heavy atom. The van der Waals surface area contributed by atoms with Gasteiger partial charge < -0.3 is 10.5 Å². The molecule has 0 spiro atoms. The maximum Gasteiger partial charge on any atom is 0.214 e. The van der Waals surface area contributed by atoms with Crippen molar-refractivity contribution in [2.45, 2.75) is 6.61 Å². The van der Waals surface area contributed by atoms with Gasteiger partial charge in [0.05, 0.1) is 11.4 Å². The van der Waals surface area contributed by atoms with Gasteiger partial charge in [-0.2, -0.15) is 0 Å². The lowest BCUT2D eigenvalue weighted by atomic mass is 10.2. The van der Waals surface area contributed by atoms with Crippen LogP contribution < -0.4 is 10.5 Å². The quantitative estimate of drug-likeness (QED) is 0.496. The van der Waals surface area contributed by atoms with Crippen molar-refractivity contribution in [3.8, 4) is 5.88 Å². The van der Waals surface area contributed by atoms with Crippen LogP contribution in [0, 0.1) is 0 Å². The molecule has 0 amide bonds. The SMILES string of the molecule is C=C(/N=C\c1ccccc1N)c1cccc(OCc2cccc(Cl)c2)n1. The highest BCUT2D eigenvalue weighted by Gasteiger charge is 2.03. The molecule has 5 heteroatoms. The highest BCUT2D eigenvalue weighted by molar-refractivity contribution is 6.30. The van der Waals surface area contributed by atoms with E-state index >= 15 is 0 Å². The van der Waals surface area contributed by atoms with Gasteiger partial charge in [0.15, 0.2) is 0 Å². The summed E-state index contributed by atoms with van der Waals surface area (Å²) < 4.78 is 5.74. The number of aliphatic imine (C=N–C) groups is 1. The van der Waals surface area contributed by atoms with Gasteiger partial charge in [0.1, 0.15) is 6.61 Å².